The van der Waals surface area contributed by atoms with E-state index in [2.05, 4.69) is 123 Å². The number of amides is 1. The monoisotopic (exact) mass is 1110 g/mol. The van der Waals surface area contributed by atoms with E-state index in [0.29, 0.717) is 12.8 Å². The fourth-order valence-electron chi connectivity index (χ4n) is 9.17. The number of nitrogens with one attached hydrogen (secondary N) is 1. The molecule has 0 spiro atoms. The highest BCUT2D eigenvalue weighted by molar-refractivity contribution is 5.80. The van der Waals surface area contributed by atoms with E-state index in [0.717, 1.165) is 128 Å². The average Bonchev–Trinajstić information content (AvgIpc) is 3.49. The molecule has 0 aliphatic carbocycles. The third-order valence-corrected chi connectivity index (χ3v) is 14.2. The van der Waals surface area contributed by atoms with Gasteiger partial charge in [0.1, 0.15) is 24.4 Å². The second-order valence-corrected chi connectivity index (χ2v) is 21.4. The van der Waals surface area contributed by atoms with E-state index in [1.807, 2.05) is 6.08 Å². The Hall–Kier alpha value is -3.68. The quantitative estimate of drug-likeness (QED) is 0.0149. The number of aliphatic hydroxyl groups excluding tert-OH is 5. The van der Waals surface area contributed by atoms with Crippen molar-refractivity contribution >= 4 is 11.9 Å². The molecule has 1 heterocycles. The summed E-state index contributed by atoms with van der Waals surface area (Å²) in [6.07, 6.45) is 64.0. The predicted molar refractivity (Wildman–Crippen MR) is 328 cm³/mol. The Kier molecular flexibility index (Phi) is 50.9. The van der Waals surface area contributed by atoms with Gasteiger partial charge in [0, 0.05) is 6.42 Å². The van der Waals surface area contributed by atoms with Crippen LogP contribution in [0.3, 0.4) is 0 Å². The zero-order chi connectivity index (χ0) is 57.5. The molecule has 1 fully saturated rings. The topological polar surface area (TPSA) is 175 Å². The molecule has 8 unspecified atom stereocenters. The molecular formula is C68H115NO10. The van der Waals surface area contributed by atoms with Crippen LogP contribution in [0.15, 0.2) is 109 Å². The maximum absolute atomic E-state index is 13.4. The van der Waals surface area contributed by atoms with Crippen LogP contribution in [0.1, 0.15) is 245 Å². The molecule has 0 bridgehead atoms. The van der Waals surface area contributed by atoms with Crippen LogP contribution < -0.4 is 5.32 Å². The Labute approximate surface area is 481 Å². The molecule has 1 rings (SSSR count). The minimum atomic E-state index is -1.63. The molecule has 0 aromatic carbocycles. The normalized spacial score (nSPS) is 19.6. The molecule has 1 saturated heterocycles. The van der Waals surface area contributed by atoms with Gasteiger partial charge in [-0.25, -0.2) is 0 Å². The summed E-state index contributed by atoms with van der Waals surface area (Å²) in [5.74, 6) is -1.24. The van der Waals surface area contributed by atoms with Crippen molar-refractivity contribution < 1.29 is 49.3 Å². The maximum atomic E-state index is 13.4. The highest BCUT2D eigenvalue weighted by Gasteiger charge is 2.47. The molecule has 1 aliphatic rings. The second kappa shape index (κ2) is 54.9. The summed E-state index contributed by atoms with van der Waals surface area (Å²) in [6.45, 7) is 5.62. The first-order chi connectivity index (χ1) is 38.7. The fourth-order valence-corrected chi connectivity index (χ4v) is 9.17. The van der Waals surface area contributed by atoms with Gasteiger partial charge in [0.05, 0.1) is 25.4 Å². The van der Waals surface area contributed by atoms with Gasteiger partial charge in [-0.15, -0.1) is 0 Å². The van der Waals surface area contributed by atoms with Crippen molar-refractivity contribution in [2.75, 3.05) is 13.2 Å². The van der Waals surface area contributed by atoms with Gasteiger partial charge in [-0.3, -0.25) is 9.59 Å². The first-order valence-corrected chi connectivity index (χ1v) is 31.7. The summed E-state index contributed by atoms with van der Waals surface area (Å²) in [4.78, 5) is 26.6. The minimum absolute atomic E-state index is 0.102. The molecule has 79 heavy (non-hydrogen) atoms. The number of aliphatic hydroxyl groups is 5. The maximum Gasteiger partial charge on any atom is 0.306 e. The summed E-state index contributed by atoms with van der Waals surface area (Å²) in [7, 11) is 0. The van der Waals surface area contributed by atoms with Crippen LogP contribution in [-0.4, -0.2) is 99.6 Å². The van der Waals surface area contributed by atoms with Crippen LogP contribution in [0, 0.1) is 0 Å². The van der Waals surface area contributed by atoms with Gasteiger partial charge in [0.25, 0.3) is 0 Å². The third-order valence-electron chi connectivity index (χ3n) is 14.2. The highest BCUT2D eigenvalue weighted by Crippen LogP contribution is 2.26. The smallest absolute Gasteiger partial charge is 0.306 e. The summed E-state index contributed by atoms with van der Waals surface area (Å²) < 4.78 is 17.6. The van der Waals surface area contributed by atoms with Gasteiger partial charge in [-0.05, 0) is 103 Å². The molecule has 11 heteroatoms. The highest BCUT2D eigenvalue weighted by atomic mass is 16.7. The molecule has 452 valence electrons. The molecule has 0 saturated carbocycles. The first kappa shape index (κ1) is 73.3. The number of unbranched alkanes of at least 4 members (excludes halogenated alkanes) is 23. The number of allylic oxidation sites excluding steroid dienone is 17. The van der Waals surface area contributed by atoms with Crippen molar-refractivity contribution in [1.29, 1.82) is 0 Å². The Morgan fingerprint density at radius 1 is 0.519 bits per heavy atom. The van der Waals surface area contributed by atoms with Crippen molar-refractivity contribution in [3.8, 4) is 0 Å². The van der Waals surface area contributed by atoms with Crippen molar-refractivity contribution in [3.63, 3.8) is 0 Å². The first-order valence-electron chi connectivity index (χ1n) is 31.7. The number of hydrogen-bond acceptors (Lipinski definition) is 10. The molecule has 1 amide bonds. The third kappa shape index (κ3) is 42.8. The zero-order valence-corrected chi connectivity index (χ0v) is 50.0. The Morgan fingerprint density at radius 3 is 1.47 bits per heavy atom. The number of rotatable bonds is 52. The number of carbonyl (C=O) groups is 2. The Bertz CT molecular complexity index is 1700. The molecule has 0 aromatic heterocycles. The van der Waals surface area contributed by atoms with E-state index in [1.54, 1.807) is 6.08 Å². The molecule has 0 radical (unpaired) electrons. The van der Waals surface area contributed by atoms with Gasteiger partial charge < -0.3 is 45.1 Å². The summed E-state index contributed by atoms with van der Waals surface area (Å²) >= 11 is 0. The lowest BCUT2D eigenvalue weighted by atomic mass is 9.99. The number of esters is 1. The fraction of sp³-hybridized carbons (Fsp3) is 0.706. The predicted octanol–water partition coefficient (Wildman–Crippen LogP) is 15.3. The largest absolute Gasteiger partial charge is 0.454 e. The number of ether oxygens (including phenoxy) is 3. The summed E-state index contributed by atoms with van der Waals surface area (Å²) in [6, 6.07) is -1.05. The molecular weight excluding hydrogens is 991 g/mol. The lowest BCUT2D eigenvalue weighted by Crippen LogP contribution is -2.61. The molecule has 6 N–H and O–H groups in total. The van der Waals surface area contributed by atoms with E-state index in [4.69, 9.17) is 14.2 Å². The molecule has 0 aromatic rings. The van der Waals surface area contributed by atoms with Crippen LogP contribution in [0.25, 0.3) is 0 Å². The van der Waals surface area contributed by atoms with E-state index >= 15 is 0 Å². The van der Waals surface area contributed by atoms with Gasteiger partial charge in [0.2, 0.25) is 5.91 Å². The molecule has 11 nitrogen and oxygen atoms in total. The second-order valence-electron chi connectivity index (χ2n) is 21.4. The van der Waals surface area contributed by atoms with E-state index in [9.17, 15) is 35.1 Å². The summed E-state index contributed by atoms with van der Waals surface area (Å²) in [5, 5.41) is 57.0. The summed E-state index contributed by atoms with van der Waals surface area (Å²) in [5.41, 5.74) is 0. The Balaban J connectivity index is 2.72. The lowest BCUT2D eigenvalue weighted by Gasteiger charge is -2.41. The molecule has 8 atom stereocenters. The van der Waals surface area contributed by atoms with Gasteiger partial charge in [0.15, 0.2) is 12.4 Å². The Morgan fingerprint density at radius 2 is 0.949 bits per heavy atom. The van der Waals surface area contributed by atoms with Gasteiger partial charge in [-0.1, -0.05) is 246 Å². The van der Waals surface area contributed by atoms with Crippen molar-refractivity contribution in [2.24, 2.45) is 0 Å². The lowest BCUT2D eigenvalue weighted by molar-refractivity contribution is -0.305. The van der Waals surface area contributed by atoms with Gasteiger partial charge in [-0.2, -0.15) is 0 Å². The van der Waals surface area contributed by atoms with Gasteiger partial charge >= 0.3 is 5.97 Å². The van der Waals surface area contributed by atoms with E-state index in [-0.39, 0.29) is 19.4 Å². The van der Waals surface area contributed by atoms with Crippen molar-refractivity contribution in [2.45, 2.75) is 294 Å². The zero-order valence-electron chi connectivity index (χ0n) is 50.0. The van der Waals surface area contributed by atoms with Crippen LogP contribution in [0.4, 0.5) is 0 Å². The van der Waals surface area contributed by atoms with E-state index < -0.39 is 67.4 Å². The standard InChI is InChI=1S/C68H115NO10/c1-4-7-10-13-16-19-22-25-27-28-29-30-31-32-33-35-37-40-43-46-49-52-55-61(72)67(76)69-59(60(71)54-51-48-45-42-39-36-24-21-18-15-12-9-6-3)58-77-68-66(65(75)64(74)62(57-70)78-68)79-63(73)56-53-50-47-44-41-38-34-26-23-20-17-14-11-8-5-2/h7,10,16-17,19-20,23,25-27,29-30,32-33,37,40,51,54,59-62,64-66,68,70-72,74-75H,4-6,8-9,11-15,18,21-22,24,28,31,34-36,38-39,41-50,52-53,55-58H2,1-3H3,(H,69,76)/b10-7-,19-16-,20-17+,26-23+,27-25-,30-29-,33-32-,40-37-,54-51+. The van der Waals surface area contributed by atoms with Crippen LogP contribution >= 0.6 is 0 Å². The SMILES string of the molecule is CC/C=C\C/C=C\C/C=C\C/C=C\C/C=C\C/C=C\CCCCCC(O)C(=O)NC(COC1OC(CO)C(O)C(O)C1OC(=O)CCCCCCCC/C=C/C=C/CCCCC)C(O)/C=C/CCCCCCCCCCCCC. The number of carbonyl (C=O) groups excluding carboxylic acids is 2. The molecule has 1 aliphatic heterocycles. The van der Waals surface area contributed by atoms with Crippen molar-refractivity contribution in [3.05, 3.63) is 109 Å². The average molecular weight is 1110 g/mol. The van der Waals surface area contributed by atoms with Crippen LogP contribution in [0.2, 0.25) is 0 Å². The van der Waals surface area contributed by atoms with Crippen molar-refractivity contribution in [1.82, 2.24) is 5.32 Å². The number of hydrogen-bond donors (Lipinski definition) is 6. The van der Waals surface area contributed by atoms with Crippen LogP contribution in [0.5, 0.6) is 0 Å². The minimum Gasteiger partial charge on any atom is -0.454 e. The van der Waals surface area contributed by atoms with Crippen LogP contribution in [-0.2, 0) is 23.8 Å². The van der Waals surface area contributed by atoms with E-state index in [1.165, 1.54) is 70.6 Å².